The van der Waals surface area contributed by atoms with Crippen LogP contribution in [-0.2, 0) is 49.5 Å². The second kappa shape index (κ2) is 12.3. The summed E-state index contributed by atoms with van der Waals surface area (Å²) in [6, 6.07) is 6.15. The number of carbonyl (C=O) groups is 3. The van der Waals surface area contributed by atoms with E-state index in [4.69, 9.17) is 28.5 Å². The van der Waals surface area contributed by atoms with Gasteiger partial charge >= 0.3 is 11.9 Å². The van der Waals surface area contributed by atoms with Gasteiger partial charge in [-0.05, 0) is 63.5 Å². The smallest absolute Gasteiger partial charge is 0.327 e. The lowest BCUT2D eigenvalue weighted by molar-refractivity contribution is -0.201. The zero-order valence-electron chi connectivity index (χ0n) is 26.6. The number of hydroxylamine groups is 2. The molecule has 2 saturated carbocycles. The molecule has 7 rings (SSSR count). The maximum absolute atomic E-state index is 14.4. The topological polar surface area (TPSA) is 145 Å². The minimum Gasteiger partial charge on any atom is -0.460 e. The second-order valence-electron chi connectivity index (χ2n) is 14.4. The molecule has 6 fully saturated rings. The quantitative estimate of drug-likeness (QED) is 0.287. The van der Waals surface area contributed by atoms with Crippen molar-refractivity contribution in [3.8, 4) is 0 Å². The van der Waals surface area contributed by atoms with Crippen molar-refractivity contribution in [1.29, 1.82) is 0 Å². The number of benzene rings is 1. The van der Waals surface area contributed by atoms with Gasteiger partial charge in [0.15, 0.2) is 6.04 Å². The van der Waals surface area contributed by atoms with Gasteiger partial charge in [0, 0.05) is 12.8 Å². The first-order valence-corrected chi connectivity index (χ1v) is 16.5. The van der Waals surface area contributed by atoms with Gasteiger partial charge in [0.2, 0.25) is 5.91 Å². The van der Waals surface area contributed by atoms with E-state index in [2.05, 4.69) is 17.5 Å². The summed E-state index contributed by atoms with van der Waals surface area (Å²) in [6.45, 7) is 5.19. The minimum absolute atomic E-state index is 0.00218. The molecule has 0 spiro atoms. The number of fused-ring (bicyclic) bond motifs is 5. The van der Waals surface area contributed by atoms with Gasteiger partial charge in [0.25, 0.3) is 0 Å². The molecular weight excluding hydrogens is 596 g/mol. The third-order valence-electron chi connectivity index (χ3n) is 10.1. The van der Waals surface area contributed by atoms with Crippen molar-refractivity contribution < 1.29 is 48.0 Å². The standard InChI is InChI=1S/C34H44N2O10/c1-33(2,3)45-26(38)13-11-22(17-37)35-32(40)34-15-25-27-28(42-18-41-27)30(34)46-36(29(34)31(39)44-25)16-21-7-5-4-6-20(21)10-8-19-9-12-23-24(14-19)43-23/h4-8,10,19,22-25,27-30,37H,9,11-18H2,1-3H3,(H,35,40). The number of nitrogens with one attached hydrogen (secondary N) is 1. The van der Waals surface area contributed by atoms with E-state index < -0.39 is 72.0 Å². The predicted molar refractivity (Wildman–Crippen MR) is 161 cm³/mol. The average molecular weight is 641 g/mol. The number of esters is 2. The summed E-state index contributed by atoms with van der Waals surface area (Å²) in [6.07, 6.45) is 6.09. The first-order chi connectivity index (χ1) is 22.1. The number of aliphatic hydroxyl groups excluding tert-OH is 1. The first kappa shape index (κ1) is 31.7. The first-order valence-electron chi connectivity index (χ1n) is 16.5. The Bertz CT molecular complexity index is 1380. The lowest BCUT2D eigenvalue weighted by Gasteiger charge is -2.49. The van der Waals surface area contributed by atoms with E-state index in [1.165, 1.54) is 0 Å². The molecule has 2 aliphatic carbocycles. The van der Waals surface area contributed by atoms with Crippen molar-refractivity contribution in [1.82, 2.24) is 10.4 Å². The molecule has 2 N–H and O–H groups in total. The molecule has 1 aromatic rings. The fourth-order valence-electron chi connectivity index (χ4n) is 7.90. The SMILES string of the molecule is CC(C)(C)OC(=O)CCC(CO)NC(=O)C12CC3OC(=O)C1N(Cc1ccccc1C=CC1CCC4OC4C1)OC2C1OCOC31. The molecule has 12 nitrogen and oxygen atoms in total. The van der Waals surface area contributed by atoms with E-state index in [9.17, 15) is 19.5 Å². The van der Waals surface area contributed by atoms with Crippen LogP contribution in [0, 0.1) is 11.3 Å². The van der Waals surface area contributed by atoms with Crippen LogP contribution in [0.3, 0.4) is 0 Å². The van der Waals surface area contributed by atoms with Crippen molar-refractivity contribution in [2.75, 3.05) is 13.4 Å². The van der Waals surface area contributed by atoms with Gasteiger partial charge in [0.1, 0.15) is 42.2 Å². The van der Waals surface area contributed by atoms with Gasteiger partial charge in [0.05, 0.1) is 31.4 Å². The summed E-state index contributed by atoms with van der Waals surface area (Å²) < 4.78 is 28.8. The molecular formula is C34H44N2O10. The summed E-state index contributed by atoms with van der Waals surface area (Å²) in [5.41, 5.74) is -0.0689. The van der Waals surface area contributed by atoms with Gasteiger partial charge < -0.3 is 34.1 Å². The number of carbonyl (C=O) groups excluding carboxylic acids is 3. The highest BCUT2D eigenvalue weighted by Gasteiger charge is 2.74. The molecule has 4 heterocycles. The number of epoxide rings is 1. The molecule has 1 amide bonds. The van der Waals surface area contributed by atoms with Crippen LogP contribution in [0.1, 0.15) is 70.4 Å². The van der Waals surface area contributed by atoms with Crippen LogP contribution >= 0.6 is 0 Å². The zero-order valence-corrected chi connectivity index (χ0v) is 26.6. The van der Waals surface area contributed by atoms with Crippen LogP contribution in [0.4, 0.5) is 0 Å². The third-order valence-corrected chi connectivity index (χ3v) is 10.1. The Balaban J connectivity index is 1.12. The Morgan fingerprint density at radius 2 is 1.96 bits per heavy atom. The predicted octanol–water partition coefficient (Wildman–Crippen LogP) is 2.41. The lowest BCUT2D eigenvalue weighted by atomic mass is 9.62. The number of ether oxygens (including phenoxy) is 5. The highest BCUT2D eigenvalue weighted by Crippen LogP contribution is 2.55. The van der Waals surface area contributed by atoms with E-state index in [0.29, 0.717) is 18.1 Å². The number of aliphatic hydroxyl groups is 1. The Morgan fingerprint density at radius 1 is 1.15 bits per heavy atom. The number of hydrogen-bond acceptors (Lipinski definition) is 11. The molecule has 4 aliphatic heterocycles. The van der Waals surface area contributed by atoms with Crippen molar-refractivity contribution in [3.63, 3.8) is 0 Å². The largest absolute Gasteiger partial charge is 0.460 e. The maximum atomic E-state index is 14.4. The summed E-state index contributed by atoms with van der Waals surface area (Å²) >= 11 is 0. The molecule has 0 radical (unpaired) electrons. The van der Waals surface area contributed by atoms with E-state index in [0.717, 1.165) is 30.4 Å². The van der Waals surface area contributed by atoms with Crippen molar-refractivity contribution in [3.05, 3.63) is 41.5 Å². The monoisotopic (exact) mass is 640 g/mol. The molecule has 10 unspecified atom stereocenters. The maximum Gasteiger partial charge on any atom is 0.327 e. The Morgan fingerprint density at radius 3 is 2.74 bits per heavy atom. The average Bonchev–Trinajstić information content (AvgIpc) is 3.44. The van der Waals surface area contributed by atoms with Gasteiger partial charge in [-0.15, -0.1) is 0 Å². The molecule has 46 heavy (non-hydrogen) atoms. The fraction of sp³-hybridized carbons (Fsp3) is 0.676. The summed E-state index contributed by atoms with van der Waals surface area (Å²) in [4.78, 5) is 47.0. The third kappa shape index (κ3) is 5.99. The van der Waals surface area contributed by atoms with E-state index in [1.807, 2.05) is 24.3 Å². The molecule has 1 aromatic carbocycles. The molecule has 12 heteroatoms. The molecule has 250 valence electrons. The van der Waals surface area contributed by atoms with Gasteiger partial charge in [-0.1, -0.05) is 36.4 Å². The molecule has 4 saturated heterocycles. The molecule has 2 bridgehead atoms. The number of hydrogen-bond donors (Lipinski definition) is 2. The Hall–Kier alpha value is -2.87. The van der Waals surface area contributed by atoms with Crippen LogP contribution in [0.15, 0.2) is 30.3 Å². The number of rotatable bonds is 10. The molecule has 6 aliphatic rings. The van der Waals surface area contributed by atoms with Crippen molar-refractivity contribution in [2.45, 2.75) is 120 Å². The van der Waals surface area contributed by atoms with Crippen LogP contribution in [0.2, 0.25) is 0 Å². The summed E-state index contributed by atoms with van der Waals surface area (Å²) in [7, 11) is 0. The summed E-state index contributed by atoms with van der Waals surface area (Å²) in [5.74, 6) is -0.986. The molecule has 10 atom stereocenters. The zero-order chi connectivity index (χ0) is 32.2. The number of allylic oxidation sites excluding steroid dienone is 1. The van der Waals surface area contributed by atoms with Crippen LogP contribution in [0.5, 0.6) is 0 Å². The number of amides is 1. The fourth-order valence-corrected chi connectivity index (χ4v) is 7.90. The van der Waals surface area contributed by atoms with Crippen LogP contribution < -0.4 is 5.32 Å². The van der Waals surface area contributed by atoms with Crippen molar-refractivity contribution in [2.24, 2.45) is 11.3 Å². The summed E-state index contributed by atoms with van der Waals surface area (Å²) in [5, 5.41) is 14.7. The Labute approximate surface area is 268 Å². The van der Waals surface area contributed by atoms with Gasteiger partial charge in [-0.3, -0.25) is 19.2 Å². The van der Waals surface area contributed by atoms with Crippen LogP contribution in [-0.4, -0.2) is 95.7 Å². The minimum atomic E-state index is -1.36. The van der Waals surface area contributed by atoms with Gasteiger partial charge in [-0.2, -0.15) is 5.06 Å². The molecule has 0 aromatic heterocycles. The normalized spacial score (nSPS) is 36.9. The van der Waals surface area contributed by atoms with E-state index >= 15 is 0 Å². The van der Waals surface area contributed by atoms with Crippen LogP contribution in [0.25, 0.3) is 6.08 Å². The van der Waals surface area contributed by atoms with E-state index in [1.54, 1.807) is 25.8 Å². The lowest BCUT2D eigenvalue weighted by Crippen LogP contribution is -2.70. The van der Waals surface area contributed by atoms with Gasteiger partial charge in [-0.25, -0.2) is 0 Å². The second-order valence-corrected chi connectivity index (χ2v) is 14.4. The Kier molecular flexibility index (Phi) is 8.48. The highest BCUT2D eigenvalue weighted by atomic mass is 16.8. The number of nitrogens with zero attached hydrogens (tertiary/aromatic N) is 1. The van der Waals surface area contributed by atoms with E-state index in [-0.39, 0.29) is 32.6 Å². The van der Waals surface area contributed by atoms with Crippen molar-refractivity contribution >= 4 is 23.9 Å². The highest BCUT2D eigenvalue weighted by molar-refractivity contribution is 5.93.